The summed E-state index contributed by atoms with van der Waals surface area (Å²) in [5.74, 6) is 0.445. The summed E-state index contributed by atoms with van der Waals surface area (Å²) in [6.45, 7) is 4.49. The summed E-state index contributed by atoms with van der Waals surface area (Å²) in [5.41, 5.74) is 5.77. The molecule has 0 amide bonds. The fourth-order valence-corrected chi connectivity index (χ4v) is 4.06. The normalized spacial score (nSPS) is 11.8. The summed E-state index contributed by atoms with van der Waals surface area (Å²) in [4.78, 5) is 0. The Morgan fingerprint density at radius 2 is 1.27 bits per heavy atom. The van der Waals surface area contributed by atoms with E-state index >= 15 is 0 Å². The van der Waals surface area contributed by atoms with Gasteiger partial charge in [0.1, 0.15) is 11.2 Å². The summed E-state index contributed by atoms with van der Waals surface area (Å²) < 4.78 is 6.22. The van der Waals surface area contributed by atoms with Crippen molar-refractivity contribution in [1.82, 2.24) is 0 Å². The first-order valence-electron chi connectivity index (χ1n) is 9.16. The fourth-order valence-electron chi connectivity index (χ4n) is 4.06. The van der Waals surface area contributed by atoms with Gasteiger partial charge in [0.25, 0.3) is 0 Å². The van der Waals surface area contributed by atoms with Crippen LogP contribution in [0.3, 0.4) is 0 Å². The monoisotopic (exact) mass is 336 g/mol. The third-order valence-corrected chi connectivity index (χ3v) is 5.26. The van der Waals surface area contributed by atoms with Crippen molar-refractivity contribution in [2.45, 2.75) is 19.8 Å². The van der Waals surface area contributed by atoms with Gasteiger partial charge in [-0.15, -0.1) is 0 Å². The maximum Gasteiger partial charge on any atom is 0.136 e. The van der Waals surface area contributed by atoms with E-state index in [0.717, 1.165) is 11.2 Å². The summed E-state index contributed by atoms with van der Waals surface area (Å²) in [6, 6.07) is 27.9. The van der Waals surface area contributed by atoms with Gasteiger partial charge in [0, 0.05) is 10.8 Å². The molecule has 4 aromatic carbocycles. The van der Waals surface area contributed by atoms with Gasteiger partial charge in [0.2, 0.25) is 0 Å². The minimum absolute atomic E-state index is 0.445. The van der Waals surface area contributed by atoms with Gasteiger partial charge >= 0.3 is 0 Å². The molecule has 1 aromatic heterocycles. The predicted molar refractivity (Wildman–Crippen MR) is 111 cm³/mol. The number of hydrogen-bond acceptors (Lipinski definition) is 1. The predicted octanol–water partition coefficient (Wildman–Crippen LogP) is 7.53. The average Bonchev–Trinajstić information content (AvgIpc) is 3.06. The van der Waals surface area contributed by atoms with Gasteiger partial charge < -0.3 is 4.42 Å². The highest BCUT2D eigenvalue weighted by molar-refractivity contribution is 6.16. The van der Waals surface area contributed by atoms with E-state index in [4.69, 9.17) is 4.42 Å². The number of fused-ring (bicyclic) bond motifs is 4. The quantitative estimate of drug-likeness (QED) is 0.325. The van der Waals surface area contributed by atoms with Crippen molar-refractivity contribution < 1.29 is 4.42 Å². The van der Waals surface area contributed by atoms with Gasteiger partial charge in [0.15, 0.2) is 0 Å². The first-order valence-corrected chi connectivity index (χ1v) is 9.16. The molecule has 0 atom stereocenters. The standard InChI is InChI=1S/C25H20O/c1-16(2)18-11-6-14-22-24(18)25-21(13-7-15-23(25)26-22)20-12-5-9-17-8-3-4-10-19(17)20/h3-16H,1-2H3. The van der Waals surface area contributed by atoms with E-state index in [1.165, 1.54) is 38.2 Å². The fraction of sp³-hybridized carbons (Fsp3) is 0.120. The van der Waals surface area contributed by atoms with Crippen molar-refractivity contribution in [3.05, 3.63) is 84.4 Å². The van der Waals surface area contributed by atoms with E-state index in [9.17, 15) is 0 Å². The second kappa shape index (κ2) is 5.74. The van der Waals surface area contributed by atoms with Crippen LogP contribution in [0.15, 0.2) is 83.3 Å². The van der Waals surface area contributed by atoms with Crippen LogP contribution in [0, 0.1) is 0 Å². The largest absolute Gasteiger partial charge is 0.456 e. The number of hydrogen-bond donors (Lipinski definition) is 0. The molecule has 0 unspecified atom stereocenters. The van der Waals surface area contributed by atoms with Gasteiger partial charge in [-0.25, -0.2) is 0 Å². The Hall–Kier alpha value is -3.06. The summed E-state index contributed by atoms with van der Waals surface area (Å²) >= 11 is 0. The smallest absolute Gasteiger partial charge is 0.136 e. The van der Waals surface area contributed by atoms with E-state index in [-0.39, 0.29) is 0 Å². The van der Waals surface area contributed by atoms with Gasteiger partial charge in [-0.2, -0.15) is 0 Å². The van der Waals surface area contributed by atoms with E-state index in [0.29, 0.717) is 5.92 Å². The summed E-state index contributed by atoms with van der Waals surface area (Å²) in [5, 5.41) is 5.02. The highest BCUT2D eigenvalue weighted by Gasteiger charge is 2.17. The molecule has 1 heterocycles. The van der Waals surface area contributed by atoms with Gasteiger partial charge in [0.05, 0.1) is 0 Å². The highest BCUT2D eigenvalue weighted by Crippen LogP contribution is 2.41. The lowest BCUT2D eigenvalue weighted by molar-refractivity contribution is 0.668. The minimum Gasteiger partial charge on any atom is -0.456 e. The SMILES string of the molecule is CC(C)c1cccc2oc3cccc(-c4cccc5ccccc45)c3c12. The van der Waals surface area contributed by atoms with Crippen LogP contribution in [-0.2, 0) is 0 Å². The van der Waals surface area contributed by atoms with Crippen molar-refractivity contribution in [3.63, 3.8) is 0 Å². The zero-order chi connectivity index (χ0) is 17.7. The lowest BCUT2D eigenvalue weighted by atomic mass is 9.91. The van der Waals surface area contributed by atoms with Crippen LogP contribution in [0.25, 0.3) is 43.8 Å². The molecule has 0 spiro atoms. The topological polar surface area (TPSA) is 13.1 Å². The molecule has 0 aliphatic carbocycles. The summed E-state index contributed by atoms with van der Waals surface area (Å²) in [7, 11) is 0. The third kappa shape index (κ3) is 2.17. The maximum atomic E-state index is 6.22. The molecule has 0 bridgehead atoms. The zero-order valence-electron chi connectivity index (χ0n) is 15.0. The Balaban J connectivity index is 1.96. The Bertz CT molecular complexity index is 1250. The molecular weight excluding hydrogens is 316 g/mol. The van der Waals surface area contributed by atoms with E-state index < -0.39 is 0 Å². The third-order valence-electron chi connectivity index (χ3n) is 5.26. The molecular formula is C25H20O. The lowest BCUT2D eigenvalue weighted by Crippen LogP contribution is -1.89. The first kappa shape index (κ1) is 15.2. The highest BCUT2D eigenvalue weighted by atomic mass is 16.3. The second-order valence-electron chi connectivity index (χ2n) is 7.18. The molecule has 0 radical (unpaired) electrons. The maximum absolute atomic E-state index is 6.22. The number of furan rings is 1. The molecule has 0 saturated heterocycles. The lowest BCUT2D eigenvalue weighted by Gasteiger charge is -2.11. The Labute approximate surface area is 152 Å². The van der Waals surface area contributed by atoms with Crippen molar-refractivity contribution in [2.24, 2.45) is 0 Å². The Morgan fingerprint density at radius 3 is 2.12 bits per heavy atom. The van der Waals surface area contributed by atoms with Crippen molar-refractivity contribution >= 4 is 32.7 Å². The van der Waals surface area contributed by atoms with Gasteiger partial charge in [-0.1, -0.05) is 80.6 Å². The van der Waals surface area contributed by atoms with Crippen LogP contribution in [-0.4, -0.2) is 0 Å². The van der Waals surface area contributed by atoms with Crippen LogP contribution in [0.4, 0.5) is 0 Å². The molecule has 0 N–H and O–H groups in total. The van der Waals surface area contributed by atoms with Crippen molar-refractivity contribution in [3.8, 4) is 11.1 Å². The van der Waals surface area contributed by atoms with E-state index in [1.807, 2.05) is 0 Å². The van der Waals surface area contributed by atoms with Crippen LogP contribution in [0.5, 0.6) is 0 Å². The van der Waals surface area contributed by atoms with Crippen molar-refractivity contribution in [2.75, 3.05) is 0 Å². The number of rotatable bonds is 2. The van der Waals surface area contributed by atoms with Crippen molar-refractivity contribution in [1.29, 1.82) is 0 Å². The van der Waals surface area contributed by atoms with Crippen LogP contribution >= 0.6 is 0 Å². The molecule has 26 heavy (non-hydrogen) atoms. The molecule has 1 nitrogen and oxygen atoms in total. The summed E-state index contributed by atoms with van der Waals surface area (Å²) in [6.07, 6.45) is 0. The molecule has 0 aliphatic heterocycles. The van der Waals surface area contributed by atoms with Crippen LogP contribution in [0.1, 0.15) is 25.3 Å². The molecule has 0 fully saturated rings. The van der Waals surface area contributed by atoms with Crippen LogP contribution < -0.4 is 0 Å². The van der Waals surface area contributed by atoms with Crippen LogP contribution in [0.2, 0.25) is 0 Å². The molecule has 126 valence electrons. The van der Waals surface area contributed by atoms with Gasteiger partial charge in [-0.05, 0) is 45.5 Å². The van der Waals surface area contributed by atoms with Gasteiger partial charge in [-0.3, -0.25) is 0 Å². The molecule has 0 saturated carbocycles. The zero-order valence-corrected chi connectivity index (χ0v) is 15.0. The van der Waals surface area contributed by atoms with E-state index in [2.05, 4.69) is 92.7 Å². The molecule has 5 aromatic rings. The molecule has 1 heteroatoms. The average molecular weight is 336 g/mol. The Kier molecular flexibility index (Phi) is 3.36. The number of benzene rings is 4. The molecule has 0 aliphatic rings. The Morgan fingerprint density at radius 1 is 0.615 bits per heavy atom. The first-order chi connectivity index (χ1) is 12.7. The van der Waals surface area contributed by atoms with E-state index in [1.54, 1.807) is 0 Å². The minimum atomic E-state index is 0.445. The molecule has 5 rings (SSSR count). The second-order valence-corrected chi connectivity index (χ2v) is 7.18.